The molecule has 0 atom stereocenters. The van der Waals surface area contributed by atoms with Crippen LogP contribution in [-0.4, -0.2) is 26.8 Å². The predicted molar refractivity (Wildman–Crippen MR) is 128 cm³/mol. The van der Waals surface area contributed by atoms with Crippen molar-refractivity contribution in [2.75, 3.05) is 11.1 Å². The first-order chi connectivity index (χ1) is 16.0. The van der Waals surface area contributed by atoms with Crippen LogP contribution in [0.2, 0.25) is 5.02 Å². The summed E-state index contributed by atoms with van der Waals surface area (Å²) in [5.41, 5.74) is 9.61. The van der Waals surface area contributed by atoms with Crippen LogP contribution in [0, 0.1) is 5.82 Å². The van der Waals surface area contributed by atoms with Crippen molar-refractivity contribution in [1.29, 1.82) is 0 Å². The molecule has 5 aromatic rings. The number of nitrogen functional groups attached to an aromatic ring is 1. The van der Waals surface area contributed by atoms with Gasteiger partial charge in [-0.05, 0) is 54.1 Å². The maximum absolute atomic E-state index is 13.2. The second kappa shape index (κ2) is 8.33. The van der Waals surface area contributed by atoms with Crippen molar-refractivity contribution < 1.29 is 9.18 Å². The molecule has 0 radical (unpaired) electrons. The Balaban J connectivity index is 1.65. The molecule has 0 aliphatic carbocycles. The first kappa shape index (κ1) is 20.6. The molecule has 0 aliphatic heterocycles. The van der Waals surface area contributed by atoms with Crippen molar-refractivity contribution in [3.05, 3.63) is 94.8 Å². The van der Waals surface area contributed by atoms with Crippen LogP contribution >= 0.6 is 11.6 Å². The van der Waals surface area contributed by atoms with Gasteiger partial charge in [0.05, 0.1) is 17.2 Å². The van der Waals surface area contributed by atoms with Gasteiger partial charge in [0, 0.05) is 10.7 Å². The van der Waals surface area contributed by atoms with Gasteiger partial charge in [0.2, 0.25) is 0 Å². The summed E-state index contributed by atoms with van der Waals surface area (Å²) in [5.74, 6) is -0.734. The summed E-state index contributed by atoms with van der Waals surface area (Å²) in [5, 5.41) is 7.77. The molecule has 9 heteroatoms. The first-order valence-corrected chi connectivity index (χ1v) is 10.3. The number of hydrogen-bond donors (Lipinski definition) is 2. The highest BCUT2D eigenvalue weighted by Gasteiger charge is 2.24. The highest BCUT2D eigenvalue weighted by molar-refractivity contribution is 6.30. The standard InChI is InChI=1S/C24H16ClFN6O/c25-15-7-11-17(12-8-15)29-24(33)20-21-23(31-19-4-2-1-3-18(19)30-21)32(22(20)27)28-13-14-5-9-16(26)10-6-14/h1-13H,27H2,(H,29,33)/b28-13+. The summed E-state index contributed by atoms with van der Waals surface area (Å²) in [7, 11) is 0. The lowest BCUT2D eigenvalue weighted by atomic mass is 10.2. The van der Waals surface area contributed by atoms with Crippen molar-refractivity contribution in [3.8, 4) is 0 Å². The van der Waals surface area contributed by atoms with E-state index in [1.54, 1.807) is 42.5 Å². The minimum atomic E-state index is -0.458. The minimum absolute atomic E-state index is 0.0742. The molecule has 0 saturated carbocycles. The average Bonchev–Trinajstić information content (AvgIpc) is 3.09. The van der Waals surface area contributed by atoms with Crippen LogP contribution in [0.4, 0.5) is 15.9 Å². The molecule has 33 heavy (non-hydrogen) atoms. The van der Waals surface area contributed by atoms with Gasteiger partial charge in [-0.3, -0.25) is 4.79 Å². The quantitative estimate of drug-likeness (QED) is 0.366. The zero-order valence-corrected chi connectivity index (χ0v) is 17.8. The number of fused-ring (bicyclic) bond motifs is 2. The SMILES string of the molecule is Nc1c(C(=O)Nc2ccc(Cl)cc2)c2nc3ccccc3nc2n1/N=C/c1ccc(F)cc1. The van der Waals surface area contributed by atoms with E-state index in [0.29, 0.717) is 38.5 Å². The average molecular weight is 459 g/mol. The maximum Gasteiger partial charge on any atom is 0.261 e. The van der Waals surface area contributed by atoms with Crippen molar-refractivity contribution >= 4 is 57.4 Å². The molecule has 2 aromatic heterocycles. The Hall–Kier alpha value is -4.30. The second-order valence-corrected chi connectivity index (χ2v) is 7.65. The Labute approximate surface area is 192 Å². The summed E-state index contributed by atoms with van der Waals surface area (Å²) in [6.07, 6.45) is 1.51. The first-order valence-electron chi connectivity index (χ1n) is 9.93. The zero-order valence-electron chi connectivity index (χ0n) is 17.0. The highest BCUT2D eigenvalue weighted by Crippen LogP contribution is 2.29. The fourth-order valence-corrected chi connectivity index (χ4v) is 3.51. The molecule has 1 amide bonds. The van der Waals surface area contributed by atoms with Crippen LogP contribution in [0.25, 0.3) is 22.2 Å². The summed E-state index contributed by atoms with van der Waals surface area (Å²) in [6.45, 7) is 0. The number of anilines is 2. The number of para-hydroxylation sites is 2. The van der Waals surface area contributed by atoms with Crippen LogP contribution in [0.15, 0.2) is 77.9 Å². The van der Waals surface area contributed by atoms with E-state index in [-0.39, 0.29) is 17.2 Å². The summed E-state index contributed by atoms with van der Waals surface area (Å²) < 4.78 is 14.6. The Morgan fingerprint density at radius 2 is 1.67 bits per heavy atom. The molecule has 3 aromatic carbocycles. The molecular formula is C24H16ClFN6O. The number of rotatable bonds is 4. The Bertz CT molecular complexity index is 1530. The van der Waals surface area contributed by atoms with Gasteiger partial charge in [-0.15, -0.1) is 0 Å². The van der Waals surface area contributed by atoms with E-state index in [1.807, 2.05) is 18.2 Å². The fraction of sp³-hybridized carbons (Fsp3) is 0. The van der Waals surface area contributed by atoms with E-state index in [9.17, 15) is 9.18 Å². The summed E-state index contributed by atoms with van der Waals surface area (Å²) in [4.78, 5) is 22.5. The molecule has 5 rings (SSSR count). The number of nitrogens with one attached hydrogen (secondary N) is 1. The molecule has 2 heterocycles. The smallest absolute Gasteiger partial charge is 0.261 e. The normalized spacial score (nSPS) is 11.5. The Morgan fingerprint density at radius 3 is 2.36 bits per heavy atom. The molecule has 0 saturated heterocycles. The number of carbonyl (C=O) groups is 1. The monoisotopic (exact) mass is 458 g/mol. The van der Waals surface area contributed by atoms with E-state index in [2.05, 4.69) is 20.4 Å². The number of nitrogens with two attached hydrogens (primary N) is 1. The van der Waals surface area contributed by atoms with E-state index in [1.165, 1.54) is 23.0 Å². The second-order valence-electron chi connectivity index (χ2n) is 7.21. The molecule has 162 valence electrons. The molecule has 0 aliphatic rings. The number of hydrogen-bond acceptors (Lipinski definition) is 5. The van der Waals surface area contributed by atoms with Gasteiger partial charge < -0.3 is 11.1 Å². The Kier molecular flexibility index (Phi) is 5.20. The number of amides is 1. The van der Waals surface area contributed by atoms with Gasteiger partial charge in [0.1, 0.15) is 22.7 Å². The van der Waals surface area contributed by atoms with Crippen molar-refractivity contribution in [1.82, 2.24) is 14.6 Å². The lowest BCUT2D eigenvalue weighted by Gasteiger charge is -2.05. The van der Waals surface area contributed by atoms with Gasteiger partial charge in [-0.1, -0.05) is 35.9 Å². The topological polar surface area (TPSA) is 98.2 Å². The van der Waals surface area contributed by atoms with Crippen LogP contribution in [-0.2, 0) is 0 Å². The molecule has 3 N–H and O–H groups in total. The molecular weight excluding hydrogens is 443 g/mol. The van der Waals surface area contributed by atoms with E-state index < -0.39 is 5.91 Å². The lowest BCUT2D eigenvalue weighted by molar-refractivity contribution is 0.102. The summed E-state index contributed by atoms with van der Waals surface area (Å²) in [6, 6.07) is 19.8. The molecule has 0 unspecified atom stereocenters. The van der Waals surface area contributed by atoms with Gasteiger partial charge in [-0.25, -0.2) is 14.4 Å². The molecule has 0 spiro atoms. The van der Waals surface area contributed by atoms with Crippen LogP contribution < -0.4 is 11.1 Å². The van der Waals surface area contributed by atoms with Gasteiger partial charge in [0.15, 0.2) is 5.65 Å². The van der Waals surface area contributed by atoms with Crippen LogP contribution in [0.5, 0.6) is 0 Å². The van der Waals surface area contributed by atoms with Gasteiger partial charge in [-0.2, -0.15) is 9.78 Å². The zero-order chi connectivity index (χ0) is 22.9. The number of benzene rings is 3. The molecule has 0 fully saturated rings. The van der Waals surface area contributed by atoms with Crippen molar-refractivity contribution in [2.45, 2.75) is 0 Å². The minimum Gasteiger partial charge on any atom is -0.383 e. The highest BCUT2D eigenvalue weighted by atomic mass is 35.5. The van der Waals surface area contributed by atoms with Gasteiger partial charge in [0.25, 0.3) is 5.91 Å². The Morgan fingerprint density at radius 1 is 1.00 bits per heavy atom. The van der Waals surface area contributed by atoms with Crippen molar-refractivity contribution in [2.24, 2.45) is 5.10 Å². The summed E-state index contributed by atoms with van der Waals surface area (Å²) >= 11 is 5.93. The molecule has 0 bridgehead atoms. The number of carbonyl (C=O) groups excluding carboxylic acids is 1. The van der Waals surface area contributed by atoms with E-state index >= 15 is 0 Å². The number of nitrogens with zero attached hydrogens (tertiary/aromatic N) is 4. The largest absolute Gasteiger partial charge is 0.383 e. The fourth-order valence-electron chi connectivity index (χ4n) is 3.39. The lowest BCUT2D eigenvalue weighted by Crippen LogP contribution is -2.14. The third-order valence-corrected chi connectivity index (χ3v) is 5.25. The van der Waals surface area contributed by atoms with Crippen LogP contribution in [0.1, 0.15) is 15.9 Å². The predicted octanol–water partition coefficient (Wildman–Crippen LogP) is 5.09. The third-order valence-electron chi connectivity index (χ3n) is 5.00. The molecule has 7 nitrogen and oxygen atoms in total. The van der Waals surface area contributed by atoms with Gasteiger partial charge >= 0.3 is 0 Å². The van der Waals surface area contributed by atoms with Crippen LogP contribution in [0.3, 0.4) is 0 Å². The third kappa shape index (κ3) is 3.99. The number of halogens is 2. The van der Waals surface area contributed by atoms with E-state index in [4.69, 9.17) is 17.3 Å². The number of aromatic nitrogens is 3. The maximum atomic E-state index is 13.2. The van der Waals surface area contributed by atoms with E-state index in [0.717, 1.165) is 0 Å². The van der Waals surface area contributed by atoms with Crippen molar-refractivity contribution in [3.63, 3.8) is 0 Å².